The fourth-order valence-electron chi connectivity index (χ4n) is 8.24. The lowest BCUT2D eigenvalue weighted by Gasteiger charge is -2.40. The zero-order chi connectivity index (χ0) is 48.0. The van der Waals surface area contributed by atoms with Crippen LogP contribution in [0.25, 0.3) is 0 Å². The second kappa shape index (κ2) is 46.4. The van der Waals surface area contributed by atoms with Crippen molar-refractivity contribution in [2.24, 2.45) is 0 Å². The Kier molecular flexibility index (Phi) is 43.3. The van der Waals surface area contributed by atoms with Crippen molar-refractivity contribution >= 4 is 5.91 Å². The predicted octanol–water partition coefficient (Wildman–Crippen LogP) is 12.9. The average Bonchev–Trinajstić information content (AvgIpc) is 3.32. The molecule has 1 fully saturated rings. The number of nitrogens with one attached hydrogen (secondary N) is 1. The van der Waals surface area contributed by atoms with E-state index in [1.807, 2.05) is 6.08 Å². The first kappa shape index (κ1) is 61.6. The van der Waals surface area contributed by atoms with Gasteiger partial charge in [0, 0.05) is 6.42 Å². The highest BCUT2D eigenvalue weighted by molar-refractivity contribution is 5.76. The van der Waals surface area contributed by atoms with Gasteiger partial charge in [0.2, 0.25) is 5.91 Å². The monoisotopic (exact) mass is 928 g/mol. The van der Waals surface area contributed by atoms with Gasteiger partial charge in [-0.25, -0.2) is 0 Å². The number of carbonyl (C=O) groups is 1. The molecule has 0 spiro atoms. The zero-order valence-electron chi connectivity index (χ0n) is 42.2. The minimum atomic E-state index is -1.58. The van der Waals surface area contributed by atoms with Crippen LogP contribution < -0.4 is 5.32 Å². The molecule has 1 aliphatic heterocycles. The molecule has 7 unspecified atom stereocenters. The van der Waals surface area contributed by atoms with E-state index in [4.69, 9.17) is 9.47 Å². The number of carbonyl (C=O) groups excluding carboxylic acids is 1. The fraction of sp³-hybridized carbons (Fsp3) is 0.772. The molecular formula is C57H101NO8. The first-order valence-corrected chi connectivity index (χ1v) is 27.2. The molecule has 1 saturated heterocycles. The van der Waals surface area contributed by atoms with Gasteiger partial charge in [0.05, 0.1) is 25.4 Å². The van der Waals surface area contributed by atoms with E-state index in [1.165, 1.54) is 128 Å². The van der Waals surface area contributed by atoms with Crippen molar-refractivity contribution in [3.8, 4) is 0 Å². The van der Waals surface area contributed by atoms with E-state index >= 15 is 0 Å². The maximum atomic E-state index is 13.0. The van der Waals surface area contributed by atoms with E-state index in [1.54, 1.807) is 6.08 Å². The van der Waals surface area contributed by atoms with E-state index in [9.17, 15) is 30.3 Å². The number of amides is 1. The Labute approximate surface area is 404 Å². The quantitative estimate of drug-likeness (QED) is 0.0261. The van der Waals surface area contributed by atoms with Crippen LogP contribution in [0.5, 0.6) is 0 Å². The van der Waals surface area contributed by atoms with Crippen molar-refractivity contribution in [3.05, 3.63) is 72.9 Å². The Bertz CT molecular complexity index is 1260. The van der Waals surface area contributed by atoms with Gasteiger partial charge in [0.25, 0.3) is 0 Å². The van der Waals surface area contributed by atoms with Crippen molar-refractivity contribution < 1.29 is 39.8 Å². The smallest absolute Gasteiger partial charge is 0.220 e. The summed E-state index contributed by atoms with van der Waals surface area (Å²) in [4.78, 5) is 13.0. The van der Waals surface area contributed by atoms with Gasteiger partial charge in [-0.15, -0.1) is 0 Å². The summed E-state index contributed by atoms with van der Waals surface area (Å²) in [5.74, 6) is -0.209. The molecule has 6 N–H and O–H groups in total. The highest BCUT2D eigenvalue weighted by atomic mass is 16.7. The second-order valence-corrected chi connectivity index (χ2v) is 18.6. The van der Waals surface area contributed by atoms with Gasteiger partial charge in [-0.05, 0) is 64.2 Å². The van der Waals surface area contributed by atoms with Crippen LogP contribution in [0, 0.1) is 0 Å². The molecule has 0 aliphatic carbocycles. The van der Waals surface area contributed by atoms with Gasteiger partial charge in [-0.1, -0.05) is 228 Å². The molecule has 0 radical (unpaired) electrons. The largest absolute Gasteiger partial charge is 0.394 e. The number of unbranched alkanes of at least 4 members (excludes halogenated alkanes) is 25. The molecule has 1 aliphatic rings. The van der Waals surface area contributed by atoms with Gasteiger partial charge in [0.15, 0.2) is 6.29 Å². The molecule has 382 valence electrons. The number of aliphatic hydroxyl groups is 5. The Balaban J connectivity index is 2.29. The molecule has 9 heteroatoms. The van der Waals surface area contributed by atoms with Gasteiger partial charge in [0.1, 0.15) is 24.4 Å². The summed E-state index contributed by atoms with van der Waals surface area (Å²) in [6.45, 7) is 3.65. The molecule has 0 saturated carbocycles. The van der Waals surface area contributed by atoms with E-state index in [2.05, 4.69) is 79.9 Å². The Morgan fingerprint density at radius 1 is 0.530 bits per heavy atom. The van der Waals surface area contributed by atoms with Crippen LogP contribution in [0.3, 0.4) is 0 Å². The van der Waals surface area contributed by atoms with Crippen LogP contribution in [-0.2, 0) is 14.3 Å². The molecule has 0 aromatic heterocycles. The predicted molar refractivity (Wildman–Crippen MR) is 276 cm³/mol. The summed E-state index contributed by atoms with van der Waals surface area (Å²) in [5, 5.41) is 54.4. The van der Waals surface area contributed by atoms with Crippen LogP contribution >= 0.6 is 0 Å². The molecule has 0 aromatic carbocycles. The second-order valence-electron chi connectivity index (χ2n) is 18.6. The first-order chi connectivity index (χ1) is 32.3. The fourth-order valence-corrected chi connectivity index (χ4v) is 8.24. The number of hydrogen-bond acceptors (Lipinski definition) is 8. The van der Waals surface area contributed by atoms with Gasteiger partial charge in [-0.2, -0.15) is 0 Å². The Morgan fingerprint density at radius 3 is 1.39 bits per heavy atom. The van der Waals surface area contributed by atoms with Crippen molar-refractivity contribution in [2.45, 2.75) is 269 Å². The van der Waals surface area contributed by atoms with Crippen molar-refractivity contribution in [1.82, 2.24) is 5.32 Å². The number of allylic oxidation sites excluding steroid dienone is 11. The maximum Gasteiger partial charge on any atom is 0.220 e. The highest BCUT2D eigenvalue weighted by Crippen LogP contribution is 2.23. The molecule has 0 aromatic rings. The molecule has 0 bridgehead atoms. The van der Waals surface area contributed by atoms with Gasteiger partial charge < -0.3 is 40.3 Å². The van der Waals surface area contributed by atoms with Gasteiger partial charge >= 0.3 is 0 Å². The summed E-state index contributed by atoms with van der Waals surface area (Å²) in [6.07, 6.45) is 56.7. The number of aliphatic hydroxyl groups excluding tert-OH is 5. The van der Waals surface area contributed by atoms with Crippen LogP contribution in [0.1, 0.15) is 226 Å². The lowest BCUT2D eigenvalue weighted by molar-refractivity contribution is -0.302. The Morgan fingerprint density at radius 2 is 0.939 bits per heavy atom. The summed E-state index contributed by atoms with van der Waals surface area (Å²) < 4.78 is 11.2. The molecular weight excluding hydrogens is 827 g/mol. The molecule has 1 rings (SSSR count). The van der Waals surface area contributed by atoms with E-state index < -0.39 is 49.5 Å². The number of rotatable bonds is 45. The zero-order valence-corrected chi connectivity index (χ0v) is 42.2. The van der Waals surface area contributed by atoms with Crippen LogP contribution in [-0.4, -0.2) is 87.5 Å². The molecule has 1 amide bonds. The molecule has 9 nitrogen and oxygen atoms in total. The van der Waals surface area contributed by atoms with Crippen LogP contribution in [0.2, 0.25) is 0 Å². The summed E-state index contributed by atoms with van der Waals surface area (Å²) in [5.41, 5.74) is 0. The highest BCUT2D eigenvalue weighted by Gasteiger charge is 2.44. The molecule has 1 heterocycles. The SMILES string of the molecule is CC/C=C\C/C=C\C/C=C\C/C=C\C/C=C\CCCCCC(=O)NC(COC1OC(CO)C(O)C(O)C1O)C(O)/C=C/CCCCCCCCCCCCCCCCCCCCCCCC. The Hall–Kier alpha value is -2.37. The number of hydrogen-bond donors (Lipinski definition) is 6. The third-order valence-electron chi connectivity index (χ3n) is 12.5. The molecule has 7 atom stereocenters. The summed E-state index contributed by atoms with van der Waals surface area (Å²) >= 11 is 0. The third-order valence-corrected chi connectivity index (χ3v) is 12.5. The van der Waals surface area contributed by atoms with Crippen molar-refractivity contribution in [2.75, 3.05) is 13.2 Å². The maximum absolute atomic E-state index is 13.0. The lowest BCUT2D eigenvalue weighted by atomic mass is 9.99. The standard InChI is InChI=1S/C57H101NO8/c1-3-5-7-9-11-13-15-17-19-21-23-24-25-26-27-29-30-32-34-36-38-40-42-44-46-51(60)50(49-65-57-56(64)55(63)54(62)52(48-59)66-57)58-53(61)47-45-43-41-39-37-35-33-31-28-22-20-18-16-14-12-10-8-6-4-2/h6,8,12,14,18,20,28,31,35,37,44,46,50-52,54-57,59-60,62-64H,3-5,7,9-11,13,15-17,19,21-27,29-30,32-34,36,38-43,45,47-49H2,1-2H3,(H,58,61)/b8-6-,14-12-,20-18-,31-28-,37-35-,46-44+. The van der Waals surface area contributed by atoms with Crippen molar-refractivity contribution in [3.63, 3.8) is 0 Å². The van der Waals surface area contributed by atoms with Gasteiger partial charge in [-0.3, -0.25) is 4.79 Å². The summed E-state index contributed by atoms with van der Waals surface area (Å²) in [7, 11) is 0. The van der Waals surface area contributed by atoms with Crippen LogP contribution in [0.15, 0.2) is 72.9 Å². The van der Waals surface area contributed by atoms with Crippen molar-refractivity contribution in [1.29, 1.82) is 0 Å². The number of ether oxygens (including phenoxy) is 2. The molecule has 66 heavy (non-hydrogen) atoms. The van der Waals surface area contributed by atoms with E-state index in [0.29, 0.717) is 12.8 Å². The summed E-state index contributed by atoms with van der Waals surface area (Å²) in [6, 6.07) is -0.827. The first-order valence-electron chi connectivity index (χ1n) is 27.2. The minimum Gasteiger partial charge on any atom is -0.394 e. The average molecular weight is 928 g/mol. The normalized spacial score (nSPS) is 20.4. The van der Waals surface area contributed by atoms with E-state index in [0.717, 1.165) is 70.6 Å². The minimum absolute atomic E-state index is 0.205. The topological polar surface area (TPSA) is 149 Å². The third kappa shape index (κ3) is 35.7. The lowest BCUT2D eigenvalue weighted by Crippen LogP contribution is -2.60. The van der Waals surface area contributed by atoms with Crippen LogP contribution in [0.4, 0.5) is 0 Å². The van der Waals surface area contributed by atoms with E-state index in [-0.39, 0.29) is 12.5 Å².